The van der Waals surface area contributed by atoms with Crippen molar-refractivity contribution in [3.8, 4) is 0 Å². The molecule has 1 saturated heterocycles. The molecule has 3 aromatic rings. The lowest BCUT2D eigenvalue weighted by atomic mass is 10.0. The van der Waals surface area contributed by atoms with Crippen molar-refractivity contribution < 1.29 is 19.2 Å². The van der Waals surface area contributed by atoms with E-state index in [1.165, 1.54) is 18.2 Å². The number of amides is 4. The molecule has 0 unspecified atom stereocenters. The third-order valence-electron chi connectivity index (χ3n) is 6.37. The molecular formula is C25H29N7O4. The van der Waals surface area contributed by atoms with Gasteiger partial charge in [0.1, 0.15) is 18.1 Å². The Balaban J connectivity index is 1.57. The fraction of sp³-hybridized carbons (Fsp3) is 0.320. The number of nitrogen functional groups attached to an aromatic ring is 1. The van der Waals surface area contributed by atoms with Crippen molar-refractivity contribution in [2.45, 2.75) is 44.3 Å². The average Bonchev–Trinajstić information content (AvgIpc) is 3.55. The van der Waals surface area contributed by atoms with Gasteiger partial charge in [-0.15, -0.1) is 0 Å². The zero-order valence-electron chi connectivity index (χ0n) is 19.9. The molecule has 0 radical (unpaired) electrons. The average molecular weight is 492 g/mol. The van der Waals surface area contributed by atoms with Crippen LogP contribution in [0.1, 0.15) is 35.8 Å². The number of benzene rings is 2. The second-order valence-corrected chi connectivity index (χ2v) is 8.92. The van der Waals surface area contributed by atoms with Gasteiger partial charge in [0.25, 0.3) is 5.91 Å². The quantitative estimate of drug-likeness (QED) is 0.286. The Kier molecular flexibility index (Phi) is 7.18. The standard InChI is InChI=1S/C25H29N7O4/c1-14(22(27)33)30-24(35)21-7-4-8-32(21)25(36)20(11-17-12-28-13-29-17)31-23(34)18-9-15-5-2-3-6-16(15)10-19(18)26/h2-3,5-6,9-10,12-14,20-21H,4,7-8,11,26H2,1H3,(H2,27,33)(H,28,29)(H,30,35)(H,31,34)/t14-,20-,21-/m0/s1. The van der Waals surface area contributed by atoms with Crippen molar-refractivity contribution in [2.24, 2.45) is 5.73 Å². The monoisotopic (exact) mass is 491 g/mol. The fourth-order valence-electron chi connectivity index (χ4n) is 4.39. The van der Waals surface area contributed by atoms with Crippen molar-refractivity contribution >= 4 is 40.1 Å². The van der Waals surface area contributed by atoms with E-state index in [-0.39, 0.29) is 17.7 Å². The summed E-state index contributed by atoms with van der Waals surface area (Å²) < 4.78 is 0. The van der Waals surface area contributed by atoms with Gasteiger partial charge in [0.05, 0.1) is 11.9 Å². The molecule has 4 rings (SSSR count). The molecule has 11 heteroatoms. The first-order valence-corrected chi connectivity index (χ1v) is 11.7. The van der Waals surface area contributed by atoms with Crippen LogP contribution < -0.4 is 22.1 Å². The van der Waals surface area contributed by atoms with Crippen molar-refractivity contribution in [2.75, 3.05) is 12.3 Å². The fourth-order valence-corrected chi connectivity index (χ4v) is 4.39. The Morgan fingerprint density at radius 3 is 2.56 bits per heavy atom. The zero-order chi connectivity index (χ0) is 25.8. The van der Waals surface area contributed by atoms with Crippen LogP contribution in [0.2, 0.25) is 0 Å². The molecule has 1 aliphatic rings. The van der Waals surface area contributed by atoms with Crippen LogP contribution in [-0.4, -0.2) is 63.2 Å². The number of anilines is 1. The van der Waals surface area contributed by atoms with Gasteiger partial charge in [0.2, 0.25) is 17.7 Å². The molecule has 0 spiro atoms. The van der Waals surface area contributed by atoms with E-state index < -0.39 is 41.8 Å². The van der Waals surface area contributed by atoms with Gasteiger partial charge in [-0.1, -0.05) is 24.3 Å². The lowest BCUT2D eigenvalue weighted by molar-refractivity contribution is -0.140. The number of rotatable bonds is 8. The van der Waals surface area contributed by atoms with Crippen LogP contribution in [0, 0.1) is 0 Å². The molecule has 4 amide bonds. The first-order valence-electron chi connectivity index (χ1n) is 11.7. The number of aromatic amines is 1. The Morgan fingerprint density at radius 2 is 1.89 bits per heavy atom. The van der Waals surface area contributed by atoms with Gasteiger partial charge in [-0.05, 0) is 42.7 Å². The van der Waals surface area contributed by atoms with E-state index in [4.69, 9.17) is 11.5 Å². The molecule has 2 aromatic carbocycles. The van der Waals surface area contributed by atoms with Crippen molar-refractivity contribution in [3.63, 3.8) is 0 Å². The minimum absolute atomic E-state index is 0.139. The van der Waals surface area contributed by atoms with Crippen LogP contribution in [0.25, 0.3) is 10.8 Å². The molecule has 0 bridgehead atoms. The number of H-pyrrole nitrogens is 1. The highest BCUT2D eigenvalue weighted by atomic mass is 16.2. The largest absolute Gasteiger partial charge is 0.398 e. The number of nitrogens with one attached hydrogen (secondary N) is 3. The number of imidazole rings is 1. The summed E-state index contributed by atoms with van der Waals surface area (Å²) in [6, 6.07) is 8.31. The highest BCUT2D eigenvalue weighted by Crippen LogP contribution is 2.23. The van der Waals surface area contributed by atoms with Crippen molar-refractivity contribution in [3.05, 3.63) is 60.2 Å². The summed E-state index contributed by atoms with van der Waals surface area (Å²) >= 11 is 0. The lowest BCUT2D eigenvalue weighted by Crippen LogP contribution is -2.56. The molecule has 1 aliphatic heterocycles. The minimum Gasteiger partial charge on any atom is -0.398 e. The number of aromatic nitrogens is 2. The topological polar surface area (TPSA) is 176 Å². The summed E-state index contributed by atoms with van der Waals surface area (Å²) in [4.78, 5) is 59.5. The van der Waals surface area contributed by atoms with Gasteiger partial charge in [0.15, 0.2) is 0 Å². The first kappa shape index (κ1) is 24.7. The van der Waals surface area contributed by atoms with Crippen LogP contribution in [0.3, 0.4) is 0 Å². The molecule has 11 nitrogen and oxygen atoms in total. The summed E-state index contributed by atoms with van der Waals surface area (Å²) in [7, 11) is 0. The summed E-state index contributed by atoms with van der Waals surface area (Å²) in [5.74, 6) is -2.05. The van der Waals surface area contributed by atoms with Gasteiger partial charge in [0, 0.05) is 30.5 Å². The number of nitrogens with two attached hydrogens (primary N) is 2. The summed E-state index contributed by atoms with van der Waals surface area (Å²) in [5.41, 5.74) is 12.6. The third kappa shape index (κ3) is 5.29. The van der Waals surface area contributed by atoms with Crippen LogP contribution >= 0.6 is 0 Å². The molecule has 188 valence electrons. The number of carbonyl (C=O) groups is 4. The van der Waals surface area contributed by atoms with Crippen LogP contribution in [-0.2, 0) is 20.8 Å². The Morgan fingerprint density at radius 1 is 1.17 bits per heavy atom. The van der Waals surface area contributed by atoms with E-state index in [0.717, 1.165) is 10.8 Å². The number of carbonyl (C=O) groups excluding carboxylic acids is 4. The van der Waals surface area contributed by atoms with E-state index in [1.807, 2.05) is 24.3 Å². The highest BCUT2D eigenvalue weighted by Gasteiger charge is 2.38. The molecule has 1 fully saturated rings. The van der Waals surface area contributed by atoms with Crippen LogP contribution in [0.15, 0.2) is 48.9 Å². The van der Waals surface area contributed by atoms with Crippen molar-refractivity contribution in [1.82, 2.24) is 25.5 Å². The molecule has 2 heterocycles. The van der Waals surface area contributed by atoms with Gasteiger partial charge in [-0.3, -0.25) is 19.2 Å². The van der Waals surface area contributed by atoms with E-state index in [0.29, 0.717) is 25.1 Å². The number of hydrogen-bond acceptors (Lipinski definition) is 6. The van der Waals surface area contributed by atoms with Gasteiger partial charge in [-0.25, -0.2) is 4.98 Å². The van der Waals surface area contributed by atoms with Crippen LogP contribution in [0.4, 0.5) is 5.69 Å². The SMILES string of the molecule is C[C@H](NC(=O)[C@@H]1CCCN1C(=O)[C@H](Cc1cnc[nH]1)NC(=O)c1cc2ccccc2cc1N)C(N)=O. The van der Waals surface area contributed by atoms with Gasteiger partial charge >= 0.3 is 0 Å². The Bertz CT molecular complexity index is 1290. The smallest absolute Gasteiger partial charge is 0.254 e. The Hall–Kier alpha value is -4.41. The van der Waals surface area contributed by atoms with Crippen molar-refractivity contribution in [1.29, 1.82) is 0 Å². The minimum atomic E-state index is -0.981. The maximum Gasteiger partial charge on any atom is 0.254 e. The predicted molar refractivity (Wildman–Crippen MR) is 133 cm³/mol. The number of likely N-dealkylation sites (tertiary alicyclic amines) is 1. The van der Waals surface area contributed by atoms with E-state index in [2.05, 4.69) is 20.6 Å². The maximum absolute atomic E-state index is 13.6. The van der Waals surface area contributed by atoms with Crippen LogP contribution in [0.5, 0.6) is 0 Å². The molecule has 3 atom stereocenters. The zero-order valence-corrected chi connectivity index (χ0v) is 19.9. The lowest BCUT2D eigenvalue weighted by Gasteiger charge is -2.29. The summed E-state index contributed by atoms with van der Waals surface area (Å²) in [6.45, 7) is 1.83. The summed E-state index contributed by atoms with van der Waals surface area (Å²) in [5, 5.41) is 7.10. The maximum atomic E-state index is 13.6. The molecule has 36 heavy (non-hydrogen) atoms. The normalized spacial score (nSPS) is 16.9. The molecule has 1 aromatic heterocycles. The van der Waals surface area contributed by atoms with E-state index in [1.54, 1.807) is 18.3 Å². The molecule has 0 aliphatic carbocycles. The van der Waals surface area contributed by atoms with Gasteiger partial charge < -0.3 is 32.0 Å². The number of fused-ring (bicyclic) bond motifs is 1. The number of primary amides is 1. The summed E-state index contributed by atoms with van der Waals surface area (Å²) in [6.07, 6.45) is 4.24. The number of hydrogen-bond donors (Lipinski definition) is 5. The molecule has 0 saturated carbocycles. The predicted octanol–water partition coefficient (Wildman–Crippen LogP) is 0.467. The molecular weight excluding hydrogens is 462 g/mol. The second kappa shape index (κ2) is 10.5. The third-order valence-corrected chi connectivity index (χ3v) is 6.37. The Labute approximate surface area is 207 Å². The van der Waals surface area contributed by atoms with E-state index >= 15 is 0 Å². The molecule has 7 N–H and O–H groups in total. The second-order valence-electron chi connectivity index (χ2n) is 8.92. The highest BCUT2D eigenvalue weighted by molar-refractivity contribution is 6.05. The first-order chi connectivity index (χ1) is 17.2. The number of nitrogens with zero attached hydrogens (tertiary/aromatic N) is 2. The van der Waals surface area contributed by atoms with Gasteiger partial charge in [-0.2, -0.15) is 0 Å². The van der Waals surface area contributed by atoms with E-state index in [9.17, 15) is 19.2 Å².